The lowest BCUT2D eigenvalue weighted by atomic mass is 10.3. The van der Waals surface area contributed by atoms with Gasteiger partial charge < -0.3 is 9.67 Å². The maximum absolute atomic E-state index is 12.9. The SMILES string of the molecule is O=C(O)c1ccc2c(ccn2-c2ccc(F)cc2)n1. The number of fused-ring (bicyclic) bond motifs is 1. The van der Waals surface area contributed by atoms with E-state index < -0.39 is 5.97 Å². The van der Waals surface area contributed by atoms with Gasteiger partial charge in [-0.05, 0) is 42.5 Å². The molecule has 0 saturated carbocycles. The summed E-state index contributed by atoms with van der Waals surface area (Å²) in [6.07, 6.45) is 1.77. The van der Waals surface area contributed by atoms with Crippen molar-refractivity contribution in [1.29, 1.82) is 0 Å². The van der Waals surface area contributed by atoms with Gasteiger partial charge in [-0.1, -0.05) is 0 Å². The van der Waals surface area contributed by atoms with Gasteiger partial charge in [-0.25, -0.2) is 14.2 Å². The smallest absolute Gasteiger partial charge is 0.354 e. The third-order valence-corrected chi connectivity index (χ3v) is 2.87. The molecule has 0 unspecified atom stereocenters. The number of halogens is 1. The van der Waals surface area contributed by atoms with Crippen LogP contribution in [0.5, 0.6) is 0 Å². The zero-order chi connectivity index (χ0) is 13.4. The number of benzene rings is 1. The van der Waals surface area contributed by atoms with E-state index >= 15 is 0 Å². The number of carbonyl (C=O) groups is 1. The van der Waals surface area contributed by atoms with Crippen LogP contribution in [0.25, 0.3) is 16.7 Å². The lowest BCUT2D eigenvalue weighted by Gasteiger charge is -2.05. The van der Waals surface area contributed by atoms with E-state index in [0.29, 0.717) is 5.52 Å². The number of hydrogen-bond acceptors (Lipinski definition) is 2. The summed E-state index contributed by atoms with van der Waals surface area (Å²) in [7, 11) is 0. The van der Waals surface area contributed by atoms with Crippen LogP contribution in [0.3, 0.4) is 0 Å². The van der Waals surface area contributed by atoms with Crippen molar-refractivity contribution in [2.75, 3.05) is 0 Å². The maximum Gasteiger partial charge on any atom is 0.354 e. The number of carboxylic acid groups (broad SMARTS) is 1. The molecule has 1 aromatic carbocycles. The van der Waals surface area contributed by atoms with Crippen LogP contribution in [0.4, 0.5) is 4.39 Å². The third-order valence-electron chi connectivity index (χ3n) is 2.87. The first-order chi connectivity index (χ1) is 9.15. The fourth-order valence-electron chi connectivity index (χ4n) is 1.97. The van der Waals surface area contributed by atoms with Gasteiger partial charge in [0, 0.05) is 11.9 Å². The lowest BCUT2D eigenvalue weighted by molar-refractivity contribution is 0.0691. The summed E-state index contributed by atoms with van der Waals surface area (Å²) in [5.41, 5.74) is 2.16. The topological polar surface area (TPSA) is 55.1 Å². The Morgan fingerprint density at radius 3 is 2.53 bits per heavy atom. The van der Waals surface area contributed by atoms with Gasteiger partial charge in [-0.3, -0.25) is 0 Å². The van der Waals surface area contributed by atoms with Crippen LogP contribution in [0.2, 0.25) is 0 Å². The molecular weight excluding hydrogens is 247 g/mol. The molecule has 0 saturated heterocycles. The minimum Gasteiger partial charge on any atom is -0.477 e. The molecule has 0 atom stereocenters. The Bertz CT molecular complexity index is 763. The van der Waals surface area contributed by atoms with Gasteiger partial charge in [-0.15, -0.1) is 0 Å². The maximum atomic E-state index is 12.9. The molecule has 0 amide bonds. The third kappa shape index (κ3) is 1.95. The molecule has 0 spiro atoms. The fourth-order valence-corrected chi connectivity index (χ4v) is 1.97. The number of nitrogens with zero attached hydrogens (tertiary/aromatic N) is 2. The van der Waals surface area contributed by atoms with Crippen molar-refractivity contribution in [3.05, 3.63) is 60.2 Å². The molecule has 19 heavy (non-hydrogen) atoms. The molecule has 94 valence electrons. The Morgan fingerprint density at radius 1 is 1.11 bits per heavy atom. The number of rotatable bonds is 2. The number of pyridine rings is 1. The standard InChI is InChI=1S/C14H9FN2O2/c15-9-1-3-10(4-2-9)17-8-7-11-13(17)6-5-12(16-11)14(18)19/h1-8H,(H,18,19). The number of aromatic nitrogens is 2. The van der Waals surface area contributed by atoms with E-state index in [1.54, 1.807) is 30.5 Å². The summed E-state index contributed by atoms with van der Waals surface area (Å²) >= 11 is 0. The van der Waals surface area contributed by atoms with E-state index in [-0.39, 0.29) is 11.5 Å². The summed E-state index contributed by atoms with van der Waals surface area (Å²) in [5, 5.41) is 8.89. The fraction of sp³-hybridized carbons (Fsp3) is 0. The van der Waals surface area contributed by atoms with Crippen LogP contribution in [-0.2, 0) is 0 Å². The quantitative estimate of drug-likeness (QED) is 0.767. The molecule has 0 fully saturated rings. The number of aromatic carboxylic acids is 1. The Hall–Kier alpha value is -2.69. The molecule has 2 heterocycles. The molecule has 0 radical (unpaired) electrons. The Balaban J connectivity index is 2.15. The van der Waals surface area contributed by atoms with E-state index in [9.17, 15) is 9.18 Å². The predicted octanol–water partition coefficient (Wildman–Crippen LogP) is 2.86. The van der Waals surface area contributed by atoms with Crippen LogP contribution in [0, 0.1) is 5.82 Å². The summed E-state index contributed by atoms with van der Waals surface area (Å²) < 4.78 is 14.7. The van der Waals surface area contributed by atoms with Gasteiger partial charge >= 0.3 is 5.97 Å². The van der Waals surface area contributed by atoms with E-state index in [1.807, 2.05) is 4.57 Å². The first-order valence-electron chi connectivity index (χ1n) is 5.62. The van der Waals surface area contributed by atoms with Crippen LogP contribution in [0.1, 0.15) is 10.5 Å². The highest BCUT2D eigenvalue weighted by molar-refractivity contribution is 5.89. The largest absolute Gasteiger partial charge is 0.477 e. The molecular formula is C14H9FN2O2. The predicted molar refractivity (Wildman–Crippen MR) is 68.0 cm³/mol. The van der Waals surface area contributed by atoms with Gasteiger partial charge in [0.25, 0.3) is 0 Å². The highest BCUT2D eigenvalue weighted by atomic mass is 19.1. The highest BCUT2D eigenvalue weighted by Crippen LogP contribution is 2.19. The molecule has 2 aromatic heterocycles. The van der Waals surface area contributed by atoms with Gasteiger partial charge in [0.1, 0.15) is 11.5 Å². The lowest BCUT2D eigenvalue weighted by Crippen LogP contribution is -2.00. The molecule has 3 aromatic rings. The van der Waals surface area contributed by atoms with Crippen LogP contribution in [-0.4, -0.2) is 20.6 Å². The average molecular weight is 256 g/mol. The molecule has 1 N–H and O–H groups in total. The average Bonchev–Trinajstić information content (AvgIpc) is 2.82. The van der Waals surface area contributed by atoms with Crippen molar-refractivity contribution in [3.8, 4) is 5.69 Å². The number of hydrogen-bond donors (Lipinski definition) is 1. The molecule has 4 nitrogen and oxygen atoms in total. The van der Waals surface area contributed by atoms with Crippen molar-refractivity contribution in [1.82, 2.24) is 9.55 Å². The van der Waals surface area contributed by atoms with Crippen LogP contribution >= 0.6 is 0 Å². The summed E-state index contributed by atoms with van der Waals surface area (Å²) in [6, 6.07) is 10.9. The Kier molecular flexibility index (Phi) is 2.52. The van der Waals surface area contributed by atoms with E-state index in [4.69, 9.17) is 5.11 Å². The molecule has 0 aliphatic rings. The van der Waals surface area contributed by atoms with Crippen molar-refractivity contribution in [2.45, 2.75) is 0 Å². The molecule has 0 bridgehead atoms. The Morgan fingerprint density at radius 2 is 1.84 bits per heavy atom. The molecule has 0 aliphatic carbocycles. The van der Waals surface area contributed by atoms with Gasteiger partial charge in [0.15, 0.2) is 0 Å². The molecule has 3 rings (SSSR count). The van der Waals surface area contributed by atoms with Crippen LogP contribution in [0.15, 0.2) is 48.7 Å². The monoisotopic (exact) mass is 256 g/mol. The molecule has 5 heteroatoms. The highest BCUT2D eigenvalue weighted by Gasteiger charge is 2.09. The summed E-state index contributed by atoms with van der Waals surface area (Å²) in [6.45, 7) is 0. The first-order valence-corrected chi connectivity index (χ1v) is 5.62. The van der Waals surface area contributed by atoms with Crippen molar-refractivity contribution in [2.24, 2.45) is 0 Å². The minimum atomic E-state index is -1.06. The normalized spacial score (nSPS) is 10.8. The van der Waals surface area contributed by atoms with E-state index in [1.165, 1.54) is 18.2 Å². The second-order valence-corrected chi connectivity index (χ2v) is 4.07. The minimum absolute atomic E-state index is 0.00403. The van der Waals surface area contributed by atoms with Crippen LogP contribution < -0.4 is 0 Å². The second kappa shape index (κ2) is 4.20. The zero-order valence-corrected chi connectivity index (χ0v) is 9.75. The second-order valence-electron chi connectivity index (χ2n) is 4.07. The number of carboxylic acids is 1. The van der Waals surface area contributed by atoms with Gasteiger partial charge in [0.2, 0.25) is 0 Å². The Labute approximate surface area is 107 Å². The van der Waals surface area contributed by atoms with E-state index in [0.717, 1.165) is 11.2 Å². The summed E-state index contributed by atoms with van der Waals surface area (Å²) in [4.78, 5) is 14.9. The van der Waals surface area contributed by atoms with Gasteiger partial charge in [0.05, 0.1) is 11.0 Å². The zero-order valence-electron chi connectivity index (χ0n) is 9.75. The van der Waals surface area contributed by atoms with Crippen molar-refractivity contribution < 1.29 is 14.3 Å². The van der Waals surface area contributed by atoms with Gasteiger partial charge in [-0.2, -0.15) is 0 Å². The summed E-state index contributed by atoms with van der Waals surface area (Å²) in [5.74, 6) is -1.36. The first kappa shape index (κ1) is 11.4. The van der Waals surface area contributed by atoms with E-state index in [2.05, 4.69) is 4.98 Å². The van der Waals surface area contributed by atoms with Crippen molar-refractivity contribution in [3.63, 3.8) is 0 Å². The van der Waals surface area contributed by atoms with Crippen molar-refractivity contribution >= 4 is 17.0 Å². The molecule has 0 aliphatic heterocycles.